The van der Waals surface area contributed by atoms with Gasteiger partial charge in [0.1, 0.15) is 17.2 Å². The number of carbonyl (C=O) groups excluding carboxylic acids is 1. The Morgan fingerprint density at radius 1 is 1.03 bits per heavy atom. The van der Waals surface area contributed by atoms with Gasteiger partial charge in [0.05, 0.1) is 18.4 Å². The number of hydrogen-bond acceptors (Lipinski definition) is 7. The van der Waals surface area contributed by atoms with E-state index in [1.807, 2.05) is 55.5 Å². The lowest BCUT2D eigenvalue weighted by molar-refractivity contribution is -0.113. The highest BCUT2D eigenvalue weighted by atomic mass is 32.2. The van der Waals surface area contributed by atoms with Gasteiger partial charge >= 0.3 is 0 Å². The molecule has 168 valence electrons. The van der Waals surface area contributed by atoms with Gasteiger partial charge in [-0.25, -0.2) is 4.68 Å². The van der Waals surface area contributed by atoms with Crippen LogP contribution >= 0.6 is 11.8 Å². The number of nitrogens with two attached hydrogens (primary N) is 1. The predicted octanol–water partition coefficient (Wildman–Crippen LogP) is 4.50. The summed E-state index contributed by atoms with van der Waals surface area (Å²) in [5.74, 6) is 8.65. The van der Waals surface area contributed by atoms with Crippen molar-refractivity contribution in [2.45, 2.75) is 12.1 Å². The molecule has 0 saturated carbocycles. The molecule has 4 rings (SSSR count). The van der Waals surface area contributed by atoms with Crippen LogP contribution < -0.4 is 20.6 Å². The van der Waals surface area contributed by atoms with Crippen LogP contribution in [0.25, 0.3) is 11.4 Å². The number of aromatic nitrogens is 3. The molecule has 0 aliphatic rings. The topological polar surface area (TPSA) is 104 Å². The van der Waals surface area contributed by atoms with Crippen molar-refractivity contribution >= 4 is 23.4 Å². The van der Waals surface area contributed by atoms with Crippen LogP contribution in [0.3, 0.4) is 0 Å². The maximum atomic E-state index is 12.4. The lowest BCUT2D eigenvalue weighted by atomic mass is 10.2. The third-order valence-electron chi connectivity index (χ3n) is 4.71. The molecule has 8 nitrogen and oxygen atoms in total. The summed E-state index contributed by atoms with van der Waals surface area (Å²) in [6.07, 6.45) is 0. The van der Waals surface area contributed by atoms with Crippen LogP contribution in [0.4, 0.5) is 5.69 Å². The highest BCUT2D eigenvalue weighted by molar-refractivity contribution is 7.99. The summed E-state index contributed by atoms with van der Waals surface area (Å²) in [7, 11) is 1.58. The van der Waals surface area contributed by atoms with Crippen molar-refractivity contribution in [3.05, 3.63) is 78.4 Å². The number of thioether (sulfide) groups is 1. The molecule has 0 bridgehead atoms. The predicted molar refractivity (Wildman–Crippen MR) is 129 cm³/mol. The third-order valence-corrected chi connectivity index (χ3v) is 5.65. The second kappa shape index (κ2) is 10.1. The Labute approximate surface area is 195 Å². The van der Waals surface area contributed by atoms with Gasteiger partial charge in [0, 0.05) is 5.69 Å². The molecule has 9 heteroatoms. The van der Waals surface area contributed by atoms with Crippen LogP contribution in [0.1, 0.15) is 5.56 Å². The zero-order valence-electron chi connectivity index (χ0n) is 18.2. The van der Waals surface area contributed by atoms with Crippen molar-refractivity contribution < 1.29 is 14.3 Å². The second-order valence-corrected chi connectivity index (χ2v) is 8.10. The molecule has 0 radical (unpaired) electrons. The van der Waals surface area contributed by atoms with Crippen LogP contribution in [-0.4, -0.2) is 33.6 Å². The van der Waals surface area contributed by atoms with Crippen molar-refractivity contribution in [1.82, 2.24) is 14.9 Å². The van der Waals surface area contributed by atoms with Gasteiger partial charge in [0.2, 0.25) is 11.1 Å². The molecule has 1 amide bonds. The Morgan fingerprint density at radius 3 is 2.58 bits per heavy atom. The van der Waals surface area contributed by atoms with Crippen LogP contribution in [0.2, 0.25) is 0 Å². The molecule has 0 aliphatic heterocycles. The van der Waals surface area contributed by atoms with Gasteiger partial charge < -0.3 is 20.6 Å². The van der Waals surface area contributed by atoms with Gasteiger partial charge in [-0.1, -0.05) is 36.0 Å². The summed E-state index contributed by atoms with van der Waals surface area (Å²) in [5.41, 5.74) is 2.51. The molecular weight excluding hydrogens is 438 g/mol. The Kier molecular flexibility index (Phi) is 6.80. The number of nitrogen functional groups attached to an aromatic ring is 1. The van der Waals surface area contributed by atoms with Crippen molar-refractivity contribution in [2.75, 3.05) is 24.0 Å². The number of ether oxygens (including phenoxy) is 2. The minimum Gasteiger partial charge on any atom is -0.496 e. The van der Waals surface area contributed by atoms with E-state index in [0.29, 0.717) is 28.2 Å². The summed E-state index contributed by atoms with van der Waals surface area (Å²) < 4.78 is 12.5. The summed E-state index contributed by atoms with van der Waals surface area (Å²) in [6, 6.07) is 22.4. The van der Waals surface area contributed by atoms with E-state index in [1.54, 1.807) is 31.4 Å². The first-order valence-corrected chi connectivity index (χ1v) is 11.1. The molecular formula is C24H23N5O3S. The molecule has 0 spiro atoms. The van der Waals surface area contributed by atoms with Crippen molar-refractivity contribution in [3.63, 3.8) is 0 Å². The second-order valence-electron chi connectivity index (χ2n) is 7.16. The van der Waals surface area contributed by atoms with Gasteiger partial charge in [-0.3, -0.25) is 4.79 Å². The summed E-state index contributed by atoms with van der Waals surface area (Å²) in [6.45, 7) is 2.01. The van der Waals surface area contributed by atoms with Crippen LogP contribution in [-0.2, 0) is 4.79 Å². The van der Waals surface area contributed by atoms with Crippen LogP contribution in [0.5, 0.6) is 17.2 Å². The molecule has 1 heterocycles. The Balaban J connectivity index is 1.34. The Morgan fingerprint density at radius 2 is 1.82 bits per heavy atom. The fourth-order valence-corrected chi connectivity index (χ4v) is 3.79. The largest absolute Gasteiger partial charge is 0.496 e. The number of methoxy groups -OCH3 is 1. The van der Waals surface area contributed by atoms with E-state index in [4.69, 9.17) is 15.3 Å². The standard InChI is InChI=1S/C24H23N5O3S/c1-16-6-5-7-19(14-16)32-18-12-10-17(11-13-18)26-22(30)15-33-24-28-27-23(29(24)25)20-8-3-4-9-21(20)31-2/h3-14H,15,25H2,1-2H3,(H,26,30). The molecule has 0 fully saturated rings. The van der Waals surface area contributed by atoms with Gasteiger partial charge in [-0.15, -0.1) is 10.2 Å². The molecule has 0 unspecified atom stereocenters. The lowest BCUT2D eigenvalue weighted by Gasteiger charge is -2.09. The first-order chi connectivity index (χ1) is 16.0. The average Bonchev–Trinajstić information content (AvgIpc) is 3.19. The van der Waals surface area contributed by atoms with Crippen LogP contribution in [0, 0.1) is 6.92 Å². The smallest absolute Gasteiger partial charge is 0.234 e. The SMILES string of the molecule is COc1ccccc1-c1nnc(SCC(=O)Nc2ccc(Oc3cccc(C)c3)cc2)n1N. The van der Waals surface area contributed by atoms with E-state index < -0.39 is 0 Å². The number of nitrogens with zero attached hydrogens (tertiary/aromatic N) is 3. The molecule has 1 aromatic heterocycles. The zero-order chi connectivity index (χ0) is 23.2. The number of nitrogens with one attached hydrogen (secondary N) is 1. The van der Waals surface area contributed by atoms with E-state index in [2.05, 4.69) is 15.5 Å². The number of aryl methyl sites for hydroxylation is 1. The van der Waals surface area contributed by atoms with Crippen molar-refractivity contribution in [3.8, 4) is 28.6 Å². The number of para-hydroxylation sites is 1. The van der Waals surface area contributed by atoms with E-state index in [1.165, 1.54) is 16.4 Å². The van der Waals surface area contributed by atoms with Crippen molar-refractivity contribution in [2.24, 2.45) is 0 Å². The van der Waals surface area contributed by atoms with Gasteiger partial charge in [0.25, 0.3) is 0 Å². The highest BCUT2D eigenvalue weighted by Gasteiger charge is 2.16. The van der Waals surface area contributed by atoms with Crippen LogP contribution in [0.15, 0.2) is 78.0 Å². The fourth-order valence-electron chi connectivity index (χ4n) is 3.14. The third kappa shape index (κ3) is 5.45. The number of amides is 1. The maximum absolute atomic E-state index is 12.4. The Hall–Kier alpha value is -3.98. The Bertz CT molecular complexity index is 1260. The van der Waals surface area contributed by atoms with E-state index in [-0.39, 0.29) is 11.7 Å². The summed E-state index contributed by atoms with van der Waals surface area (Å²) in [4.78, 5) is 12.4. The first-order valence-electron chi connectivity index (χ1n) is 10.1. The minimum atomic E-state index is -0.186. The molecule has 33 heavy (non-hydrogen) atoms. The first kappa shape index (κ1) is 22.2. The number of rotatable bonds is 8. The highest BCUT2D eigenvalue weighted by Crippen LogP contribution is 2.29. The molecule has 4 aromatic rings. The molecule has 0 aliphatic carbocycles. The van der Waals surface area contributed by atoms with E-state index in [9.17, 15) is 4.79 Å². The fraction of sp³-hybridized carbons (Fsp3) is 0.125. The van der Waals surface area contributed by atoms with E-state index >= 15 is 0 Å². The number of anilines is 1. The van der Waals surface area contributed by atoms with Crippen molar-refractivity contribution in [1.29, 1.82) is 0 Å². The minimum absolute atomic E-state index is 0.128. The van der Waals surface area contributed by atoms with Gasteiger partial charge in [-0.2, -0.15) is 0 Å². The normalized spacial score (nSPS) is 10.6. The van der Waals surface area contributed by atoms with Gasteiger partial charge in [-0.05, 0) is 61.0 Å². The van der Waals surface area contributed by atoms with Gasteiger partial charge in [0.15, 0.2) is 5.82 Å². The monoisotopic (exact) mass is 461 g/mol. The molecule has 0 atom stereocenters. The molecule has 3 N–H and O–H groups in total. The number of benzene rings is 3. The lowest BCUT2D eigenvalue weighted by Crippen LogP contribution is -2.16. The average molecular weight is 462 g/mol. The molecule has 0 saturated heterocycles. The number of carbonyl (C=O) groups is 1. The summed E-state index contributed by atoms with van der Waals surface area (Å²) >= 11 is 1.20. The summed E-state index contributed by atoms with van der Waals surface area (Å²) in [5, 5.41) is 11.5. The van der Waals surface area contributed by atoms with E-state index in [0.717, 1.165) is 16.9 Å². The zero-order valence-corrected chi connectivity index (χ0v) is 19.0. The number of hydrogen-bond donors (Lipinski definition) is 2. The quantitative estimate of drug-likeness (QED) is 0.294. The molecule has 3 aromatic carbocycles. The maximum Gasteiger partial charge on any atom is 0.234 e.